The Kier molecular flexibility index (Phi) is 18.4. The van der Waals surface area contributed by atoms with Gasteiger partial charge < -0.3 is 4.55 Å². The van der Waals surface area contributed by atoms with E-state index >= 15 is 0 Å². The molecule has 114 valence electrons. The first kappa shape index (κ1) is 22.9. The average Bonchev–Trinajstić information content (AvgIpc) is 2.34. The van der Waals surface area contributed by atoms with Gasteiger partial charge in [0.2, 0.25) is 0 Å². The van der Waals surface area contributed by atoms with Gasteiger partial charge in [-0.1, -0.05) is 76.9 Å². The van der Waals surface area contributed by atoms with Crippen LogP contribution in [0.25, 0.3) is 0 Å². The first-order valence-electron chi connectivity index (χ1n) is 7.65. The molecular formula is C15H29NaO3S. The molecule has 0 aliphatic heterocycles. The Labute approximate surface area is 147 Å². The smallest absolute Gasteiger partial charge is 0.748 e. The molecule has 3 nitrogen and oxygen atoms in total. The maximum absolute atomic E-state index is 10.3. The maximum atomic E-state index is 10.3. The van der Waals surface area contributed by atoms with Gasteiger partial charge in [-0.2, -0.15) is 0 Å². The van der Waals surface area contributed by atoms with Crippen molar-refractivity contribution in [2.45, 2.75) is 77.6 Å². The molecule has 0 rings (SSSR count). The van der Waals surface area contributed by atoms with E-state index in [2.05, 4.69) is 6.92 Å². The Hall–Kier alpha value is 0.650. The van der Waals surface area contributed by atoms with Crippen LogP contribution >= 0.6 is 0 Å². The zero-order chi connectivity index (χ0) is 14.4. The zero-order valence-electron chi connectivity index (χ0n) is 13.3. The number of rotatable bonds is 13. The van der Waals surface area contributed by atoms with Crippen LogP contribution in [0.4, 0.5) is 0 Å². The van der Waals surface area contributed by atoms with Crippen molar-refractivity contribution in [1.29, 1.82) is 0 Å². The van der Waals surface area contributed by atoms with Crippen LogP contribution in [0.15, 0.2) is 12.2 Å². The van der Waals surface area contributed by atoms with Gasteiger partial charge in [-0.15, -0.1) is 0 Å². The second kappa shape index (κ2) is 16.0. The second-order valence-corrected chi connectivity index (χ2v) is 6.62. The van der Waals surface area contributed by atoms with Crippen molar-refractivity contribution in [1.82, 2.24) is 0 Å². The molecule has 0 bridgehead atoms. The maximum Gasteiger partial charge on any atom is 1.00 e. The molecule has 0 aliphatic carbocycles. The van der Waals surface area contributed by atoms with E-state index in [4.69, 9.17) is 0 Å². The summed E-state index contributed by atoms with van der Waals surface area (Å²) in [5, 5.41) is 0. The predicted molar refractivity (Wildman–Crippen MR) is 80.2 cm³/mol. The molecule has 0 aromatic carbocycles. The van der Waals surface area contributed by atoms with Gasteiger partial charge in [0.1, 0.15) is 0 Å². The van der Waals surface area contributed by atoms with E-state index in [-0.39, 0.29) is 35.3 Å². The Bertz CT molecular complexity index is 313. The first-order valence-corrected chi connectivity index (χ1v) is 9.22. The standard InChI is InChI=1S/C15H30O3S.Na/c1-2-3-4-5-6-7-8-9-10-11-12-13-14-15-19(16,17)18;/h13-14H,2-12,15H2,1H3,(H,16,17,18);/q;+1/p-1. The monoisotopic (exact) mass is 312 g/mol. The molecular weight excluding hydrogens is 283 g/mol. The molecule has 0 aliphatic rings. The van der Waals surface area contributed by atoms with Gasteiger partial charge >= 0.3 is 29.6 Å². The summed E-state index contributed by atoms with van der Waals surface area (Å²) in [6.45, 7) is 2.24. The topological polar surface area (TPSA) is 57.2 Å². The van der Waals surface area contributed by atoms with Crippen molar-refractivity contribution >= 4 is 10.1 Å². The van der Waals surface area contributed by atoms with Crippen LogP contribution in [0.5, 0.6) is 0 Å². The second-order valence-electron chi connectivity index (χ2n) is 5.17. The Morgan fingerprint density at radius 2 is 1.25 bits per heavy atom. The molecule has 5 heteroatoms. The molecule has 0 radical (unpaired) electrons. The van der Waals surface area contributed by atoms with Gasteiger partial charge in [0, 0.05) is 0 Å². The SMILES string of the molecule is CCCCCCCCCCCCC=CCS(=O)(=O)[O-].[Na+]. The molecule has 0 saturated heterocycles. The van der Waals surface area contributed by atoms with E-state index in [9.17, 15) is 13.0 Å². The molecule has 0 heterocycles. The van der Waals surface area contributed by atoms with E-state index in [0.717, 1.165) is 12.8 Å². The van der Waals surface area contributed by atoms with Crippen LogP contribution in [0.2, 0.25) is 0 Å². The Balaban J connectivity index is 0. The summed E-state index contributed by atoms with van der Waals surface area (Å²) in [5.74, 6) is -0.370. The molecule has 0 unspecified atom stereocenters. The van der Waals surface area contributed by atoms with Crippen LogP contribution in [0, 0.1) is 0 Å². The largest absolute Gasteiger partial charge is 1.00 e. The Morgan fingerprint density at radius 1 is 0.800 bits per heavy atom. The third-order valence-corrected chi connectivity index (χ3v) is 3.79. The summed E-state index contributed by atoms with van der Waals surface area (Å²) in [5.41, 5.74) is 0. The van der Waals surface area contributed by atoms with Gasteiger partial charge in [0.15, 0.2) is 0 Å². The Morgan fingerprint density at radius 3 is 1.70 bits per heavy atom. The minimum atomic E-state index is -4.08. The van der Waals surface area contributed by atoms with Crippen molar-refractivity contribution in [2.24, 2.45) is 0 Å². The molecule has 0 saturated carbocycles. The average molecular weight is 312 g/mol. The molecule has 0 spiro atoms. The molecule has 0 aromatic rings. The minimum absolute atomic E-state index is 0. The summed E-state index contributed by atoms with van der Waals surface area (Å²) in [6, 6.07) is 0. The van der Waals surface area contributed by atoms with Crippen molar-refractivity contribution < 1.29 is 42.5 Å². The van der Waals surface area contributed by atoms with Crippen LogP contribution in [-0.2, 0) is 10.1 Å². The number of hydrogen-bond donors (Lipinski definition) is 0. The van der Waals surface area contributed by atoms with E-state index in [1.54, 1.807) is 6.08 Å². The van der Waals surface area contributed by atoms with Crippen molar-refractivity contribution in [3.05, 3.63) is 12.2 Å². The summed E-state index contributed by atoms with van der Waals surface area (Å²) in [4.78, 5) is 0. The molecule has 0 amide bonds. The molecule has 0 N–H and O–H groups in total. The van der Waals surface area contributed by atoms with Crippen LogP contribution in [-0.4, -0.2) is 18.7 Å². The number of hydrogen-bond acceptors (Lipinski definition) is 3. The van der Waals surface area contributed by atoms with Crippen LogP contribution in [0.1, 0.15) is 77.6 Å². The summed E-state index contributed by atoms with van der Waals surface area (Å²) < 4.78 is 31.0. The van der Waals surface area contributed by atoms with Crippen LogP contribution < -0.4 is 29.6 Å². The van der Waals surface area contributed by atoms with Gasteiger partial charge in [-0.25, -0.2) is 8.42 Å². The first-order chi connectivity index (χ1) is 9.06. The molecule has 0 fully saturated rings. The third kappa shape index (κ3) is 21.0. The number of allylic oxidation sites excluding steroid dienone is 1. The van der Waals surface area contributed by atoms with E-state index in [1.165, 1.54) is 63.9 Å². The van der Waals surface area contributed by atoms with Gasteiger partial charge in [-0.05, 0) is 12.8 Å². The van der Waals surface area contributed by atoms with Crippen LogP contribution in [0.3, 0.4) is 0 Å². The number of unbranched alkanes of at least 4 members (excludes halogenated alkanes) is 10. The zero-order valence-corrected chi connectivity index (χ0v) is 16.1. The molecule has 20 heavy (non-hydrogen) atoms. The predicted octanol–water partition coefficient (Wildman–Crippen LogP) is 1.40. The third-order valence-electron chi connectivity index (χ3n) is 3.19. The van der Waals surface area contributed by atoms with Gasteiger partial charge in [0.05, 0.1) is 15.9 Å². The van der Waals surface area contributed by atoms with Crippen molar-refractivity contribution in [3.63, 3.8) is 0 Å². The van der Waals surface area contributed by atoms with E-state index < -0.39 is 10.1 Å². The minimum Gasteiger partial charge on any atom is -0.748 e. The fraction of sp³-hybridized carbons (Fsp3) is 0.867. The van der Waals surface area contributed by atoms with E-state index in [0.29, 0.717) is 0 Å². The molecule has 0 atom stereocenters. The van der Waals surface area contributed by atoms with Crippen molar-refractivity contribution in [2.75, 3.05) is 5.75 Å². The summed E-state index contributed by atoms with van der Waals surface area (Å²) >= 11 is 0. The normalized spacial score (nSPS) is 11.7. The fourth-order valence-corrected chi connectivity index (χ4v) is 2.43. The van der Waals surface area contributed by atoms with Gasteiger partial charge in [0.25, 0.3) is 0 Å². The van der Waals surface area contributed by atoms with E-state index in [1.807, 2.05) is 0 Å². The summed E-state index contributed by atoms with van der Waals surface area (Å²) in [6.07, 6.45) is 17.1. The fourth-order valence-electron chi connectivity index (χ4n) is 2.05. The quantitative estimate of drug-likeness (QED) is 0.224. The van der Waals surface area contributed by atoms with Crippen molar-refractivity contribution in [3.8, 4) is 0 Å². The molecule has 0 aromatic heterocycles. The summed E-state index contributed by atoms with van der Waals surface area (Å²) in [7, 11) is -4.08. The van der Waals surface area contributed by atoms with Gasteiger partial charge in [-0.3, -0.25) is 0 Å².